The summed E-state index contributed by atoms with van der Waals surface area (Å²) in [6.07, 6.45) is 4.89. The fraction of sp³-hybridized carbons (Fsp3) is 0.375. The van der Waals surface area contributed by atoms with Crippen molar-refractivity contribution in [3.05, 3.63) is 46.3 Å². The van der Waals surface area contributed by atoms with Crippen molar-refractivity contribution >= 4 is 21.8 Å². The molecule has 2 aromatic heterocycles. The Bertz CT molecular complexity index is 685. The van der Waals surface area contributed by atoms with Gasteiger partial charge in [0.1, 0.15) is 6.10 Å². The largest absolute Gasteiger partial charge is 0.473 e. The molecule has 0 unspecified atom stereocenters. The molecule has 0 spiro atoms. The molecule has 0 radical (unpaired) electrons. The number of piperidine rings is 1. The summed E-state index contributed by atoms with van der Waals surface area (Å²) >= 11 is 3.34. The number of hydrogen-bond acceptors (Lipinski definition) is 5. The van der Waals surface area contributed by atoms with Crippen molar-refractivity contribution < 1.29 is 9.53 Å². The first-order valence-electron chi connectivity index (χ1n) is 7.48. The Morgan fingerprint density at radius 2 is 2.04 bits per heavy atom. The summed E-state index contributed by atoms with van der Waals surface area (Å²) in [6.45, 7) is 3.21. The molecule has 1 aliphatic heterocycles. The first kappa shape index (κ1) is 15.9. The van der Waals surface area contributed by atoms with Gasteiger partial charge in [0.25, 0.3) is 5.91 Å². The van der Waals surface area contributed by atoms with Gasteiger partial charge in [-0.15, -0.1) is 5.10 Å². The number of nitrogens with zero attached hydrogens (tertiary/aromatic N) is 4. The van der Waals surface area contributed by atoms with Crippen LogP contribution in [-0.2, 0) is 0 Å². The van der Waals surface area contributed by atoms with Crippen LogP contribution in [0.15, 0.2) is 35.1 Å². The number of rotatable bonds is 3. The average Bonchev–Trinajstić information content (AvgIpc) is 2.57. The van der Waals surface area contributed by atoms with E-state index in [4.69, 9.17) is 4.74 Å². The van der Waals surface area contributed by atoms with E-state index in [1.165, 1.54) is 0 Å². The third-order valence-electron chi connectivity index (χ3n) is 3.74. The molecular formula is C16H17BrN4O2. The second-order valence-corrected chi connectivity index (χ2v) is 6.43. The lowest BCUT2D eigenvalue weighted by Crippen LogP contribution is -2.41. The van der Waals surface area contributed by atoms with Gasteiger partial charge in [0, 0.05) is 48.9 Å². The third-order valence-corrected chi connectivity index (χ3v) is 4.18. The Morgan fingerprint density at radius 1 is 1.26 bits per heavy atom. The molecule has 0 aromatic carbocycles. The fourth-order valence-corrected chi connectivity index (χ4v) is 2.87. The van der Waals surface area contributed by atoms with Crippen LogP contribution in [0.1, 0.15) is 28.9 Å². The minimum absolute atomic E-state index is 0.00683. The van der Waals surface area contributed by atoms with Gasteiger partial charge in [0.2, 0.25) is 5.88 Å². The molecule has 120 valence electrons. The van der Waals surface area contributed by atoms with Crippen LogP contribution in [0.3, 0.4) is 0 Å². The van der Waals surface area contributed by atoms with Crippen LogP contribution in [-0.4, -0.2) is 45.2 Å². The number of aryl methyl sites for hydroxylation is 1. The van der Waals surface area contributed by atoms with Crippen LogP contribution < -0.4 is 4.74 Å². The second-order valence-electron chi connectivity index (χ2n) is 5.51. The van der Waals surface area contributed by atoms with Gasteiger partial charge in [-0.05, 0) is 35.0 Å². The second kappa shape index (κ2) is 7.04. The lowest BCUT2D eigenvalue weighted by atomic mass is 10.1. The molecule has 1 aliphatic rings. The predicted octanol–water partition coefficient (Wildman–Crippen LogP) is 2.63. The molecule has 0 aliphatic carbocycles. The third kappa shape index (κ3) is 4.04. The van der Waals surface area contributed by atoms with Crippen LogP contribution in [0, 0.1) is 6.92 Å². The van der Waals surface area contributed by atoms with Gasteiger partial charge in [-0.25, -0.2) is 0 Å². The average molecular weight is 377 g/mol. The fourth-order valence-electron chi connectivity index (χ4n) is 2.51. The Kier molecular flexibility index (Phi) is 4.85. The first-order chi connectivity index (χ1) is 11.1. The van der Waals surface area contributed by atoms with Crippen molar-refractivity contribution in [2.75, 3.05) is 13.1 Å². The molecule has 1 amide bonds. The van der Waals surface area contributed by atoms with Crippen molar-refractivity contribution in [1.82, 2.24) is 20.1 Å². The van der Waals surface area contributed by atoms with Crippen LogP contribution in [0.5, 0.6) is 5.88 Å². The molecule has 6 nitrogen and oxygen atoms in total. The topological polar surface area (TPSA) is 68.2 Å². The SMILES string of the molecule is Cc1ccc(OC2CCN(C(=O)c3cncc(Br)c3)CC2)nn1. The Morgan fingerprint density at radius 3 is 2.70 bits per heavy atom. The van der Waals surface area contributed by atoms with E-state index in [9.17, 15) is 4.79 Å². The maximum atomic E-state index is 12.5. The molecular weight excluding hydrogens is 360 g/mol. The molecule has 3 heterocycles. The van der Waals surface area contributed by atoms with Gasteiger partial charge in [0.15, 0.2) is 0 Å². The van der Waals surface area contributed by atoms with E-state index in [1.54, 1.807) is 18.5 Å². The number of amides is 1. The van der Waals surface area contributed by atoms with Crippen LogP contribution >= 0.6 is 15.9 Å². The van der Waals surface area contributed by atoms with Crippen molar-refractivity contribution in [1.29, 1.82) is 0 Å². The van der Waals surface area contributed by atoms with Crippen molar-refractivity contribution in [2.45, 2.75) is 25.9 Å². The summed E-state index contributed by atoms with van der Waals surface area (Å²) in [5.41, 5.74) is 1.46. The van der Waals surface area contributed by atoms with Gasteiger partial charge < -0.3 is 9.64 Å². The zero-order valence-electron chi connectivity index (χ0n) is 12.8. The number of ether oxygens (including phenoxy) is 1. The molecule has 2 aromatic rings. The lowest BCUT2D eigenvalue weighted by molar-refractivity contribution is 0.0585. The zero-order chi connectivity index (χ0) is 16.2. The normalized spacial score (nSPS) is 15.5. The summed E-state index contributed by atoms with van der Waals surface area (Å²) in [6, 6.07) is 5.49. The number of carbonyl (C=O) groups is 1. The standard InChI is InChI=1S/C16H17BrN4O2/c1-11-2-3-15(20-19-11)23-14-4-6-21(7-5-14)16(22)12-8-13(17)10-18-9-12/h2-3,8-10,14H,4-7H2,1H3. The van der Waals surface area contributed by atoms with E-state index >= 15 is 0 Å². The lowest BCUT2D eigenvalue weighted by Gasteiger charge is -2.31. The first-order valence-corrected chi connectivity index (χ1v) is 8.28. The molecule has 0 saturated carbocycles. The highest BCUT2D eigenvalue weighted by Crippen LogP contribution is 2.19. The summed E-state index contributed by atoms with van der Waals surface area (Å²) in [7, 11) is 0. The highest BCUT2D eigenvalue weighted by molar-refractivity contribution is 9.10. The number of aromatic nitrogens is 3. The summed E-state index contributed by atoms with van der Waals surface area (Å²) in [5.74, 6) is 0.545. The predicted molar refractivity (Wildman–Crippen MR) is 88.3 cm³/mol. The van der Waals surface area contributed by atoms with Crippen molar-refractivity contribution in [3.63, 3.8) is 0 Å². The van der Waals surface area contributed by atoms with Crippen LogP contribution in [0.25, 0.3) is 0 Å². The summed E-state index contributed by atoms with van der Waals surface area (Å²) < 4.78 is 6.64. The van der Waals surface area contributed by atoms with Gasteiger partial charge in [-0.1, -0.05) is 0 Å². The smallest absolute Gasteiger partial charge is 0.255 e. The van der Waals surface area contributed by atoms with E-state index in [1.807, 2.05) is 24.0 Å². The van der Waals surface area contributed by atoms with E-state index in [0.717, 1.165) is 23.0 Å². The van der Waals surface area contributed by atoms with Crippen molar-refractivity contribution in [2.24, 2.45) is 0 Å². The van der Waals surface area contributed by atoms with E-state index in [0.29, 0.717) is 24.5 Å². The summed E-state index contributed by atoms with van der Waals surface area (Å²) in [5, 5.41) is 8.00. The molecule has 0 bridgehead atoms. The Hall–Kier alpha value is -2.02. The monoisotopic (exact) mass is 376 g/mol. The van der Waals surface area contributed by atoms with Crippen LogP contribution in [0.2, 0.25) is 0 Å². The Balaban J connectivity index is 1.55. The van der Waals surface area contributed by atoms with E-state index in [-0.39, 0.29) is 12.0 Å². The maximum absolute atomic E-state index is 12.5. The number of halogens is 1. The van der Waals surface area contributed by atoms with Gasteiger partial charge in [-0.2, -0.15) is 5.10 Å². The highest BCUT2D eigenvalue weighted by Gasteiger charge is 2.25. The quantitative estimate of drug-likeness (QED) is 0.823. The zero-order valence-corrected chi connectivity index (χ0v) is 14.4. The molecule has 23 heavy (non-hydrogen) atoms. The number of pyridine rings is 1. The maximum Gasteiger partial charge on any atom is 0.255 e. The van der Waals surface area contributed by atoms with Crippen molar-refractivity contribution in [3.8, 4) is 5.88 Å². The molecule has 7 heteroatoms. The number of likely N-dealkylation sites (tertiary alicyclic amines) is 1. The summed E-state index contributed by atoms with van der Waals surface area (Å²) in [4.78, 5) is 18.3. The number of carbonyl (C=O) groups excluding carboxylic acids is 1. The Labute approximate surface area is 143 Å². The number of hydrogen-bond donors (Lipinski definition) is 0. The van der Waals surface area contributed by atoms with Gasteiger partial charge in [-0.3, -0.25) is 9.78 Å². The van der Waals surface area contributed by atoms with Gasteiger partial charge in [0.05, 0.1) is 11.3 Å². The molecule has 0 N–H and O–H groups in total. The van der Waals surface area contributed by atoms with E-state index < -0.39 is 0 Å². The minimum atomic E-state index is 0.00683. The van der Waals surface area contributed by atoms with Crippen LogP contribution in [0.4, 0.5) is 0 Å². The minimum Gasteiger partial charge on any atom is -0.473 e. The van der Waals surface area contributed by atoms with E-state index in [2.05, 4.69) is 31.1 Å². The molecule has 1 fully saturated rings. The molecule has 1 saturated heterocycles. The molecule has 3 rings (SSSR count). The van der Waals surface area contributed by atoms with Gasteiger partial charge >= 0.3 is 0 Å². The highest BCUT2D eigenvalue weighted by atomic mass is 79.9. The molecule has 0 atom stereocenters.